The van der Waals surface area contributed by atoms with E-state index in [0.29, 0.717) is 17.2 Å². The van der Waals surface area contributed by atoms with Crippen LogP contribution in [0.25, 0.3) is 0 Å². The molecule has 0 aliphatic heterocycles. The molecule has 0 spiro atoms. The Balaban J connectivity index is 2.30. The minimum absolute atomic E-state index is 0.317. The summed E-state index contributed by atoms with van der Waals surface area (Å²) in [6.45, 7) is 2.81. The number of nitrogens with zero attached hydrogens (tertiary/aromatic N) is 3. The van der Waals surface area contributed by atoms with E-state index in [2.05, 4.69) is 29.4 Å². The molecule has 0 unspecified atom stereocenters. The van der Waals surface area contributed by atoms with Crippen molar-refractivity contribution in [2.75, 3.05) is 0 Å². The van der Waals surface area contributed by atoms with Gasteiger partial charge in [0.15, 0.2) is 0 Å². The molecule has 0 saturated heterocycles. The molecule has 1 heterocycles. The quantitative estimate of drug-likeness (QED) is 0.834. The normalized spacial score (nSPS) is 10.5. The summed E-state index contributed by atoms with van der Waals surface area (Å²) in [4.78, 5) is 0.317. The Morgan fingerprint density at radius 1 is 1.33 bits per heavy atom. The van der Waals surface area contributed by atoms with E-state index in [1.807, 2.05) is 22.9 Å². The standard InChI is InChI=1S/C13H16N4S/c1-2-6-11-12(13(14)18)15-16-17(11)9-10-7-4-3-5-8-10/h3-5,7-8H,2,6,9H2,1H3,(H2,14,18). The van der Waals surface area contributed by atoms with E-state index >= 15 is 0 Å². The first-order valence-electron chi connectivity index (χ1n) is 5.98. The smallest absolute Gasteiger partial charge is 0.143 e. The van der Waals surface area contributed by atoms with Gasteiger partial charge in [-0.2, -0.15) is 0 Å². The molecule has 2 rings (SSSR count). The van der Waals surface area contributed by atoms with E-state index < -0.39 is 0 Å². The van der Waals surface area contributed by atoms with E-state index in [1.165, 1.54) is 5.56 Å². The van der Waals surface area contributed by atoms with E-state index in [0.717, 1.165) is 18.5 Å². The van der Waals surface area contributed by atoms with Crippen molar-refractivity contribution >= 4 is 17.2 Å². The van der Waals surface area contributed by atoms with Crippen LogP contribution in [0.4, 0.5) is 0 Å². The molecule has 4 nitrogen and oxygen atoms in total. The average Bonchev–Trinajstić information content (AvgIpc) is 2.74. The van der Waals surface area contributed by atoms with Crippen LogP contribution in [-0.2, 0) is 13.0 Å². The summed E-state index contributed by atoms with van der Waals surface area (Å²) < 4.78 is 1.88. The molecule has 0 aliphatic rings. The van der Waals surface area contributed by atoms with Crippen LogP contribution < -0.4 is 5.73 Å². The van der Waals surface area contributed by atoms with E-state index in [-0.39, 0.29) is 0 Å². The Morgan fingerprint density at radius 3 is 2.67 bits per heavy atom. The zero-order valence-corrected chi connectivity index (χ0v) is 11.2. The van der Waals surface area contributed by atoms with Crippen molar-refractivity contribution in [3.63, 3.8) is 0 Å². The Bertz CT molecular complexity index is 533. The number of thiocarbonyl (C=S) groups is 1. The Morgan fingerprint density at radius 2 is 2.06 bits per heavy atom. The van der Waals surface area contributed by atoms with E-state index in [1.54, 1.807) is 0 Å². The average molecular weight is 260 g/mol. The lowest BCUT2D eigenvalue weighted by Crippen LogP contribution is -2.14. The highest BCUT2D eigenvalue weighted by atomic mass is 32.1. The van der Waals surface area contributed by atoms with Crippen molar-refractivity contribution in [3.8, 4) is 0 Å². The summed E-state index contributed by atoms with van der Waals surface area (Å²) >= 11 is 5.00. The number of rotatable bonds is 5. The molecule has 1 aromatic heterocycles. The summed E-state index contributed by atoms with van der Waals surface area (Å²) in [6, 6.07) is 10.2. The van der Waals surface area contributed by atoms with E-state index in [9.17, 15) is 0 Å². The van der Waals surface area contributed by atoms with Gasteiger partial charge in [-0.1, -0.05) is 61.1 Å². The van der Waals surface area contributed by atoms with Gasteiger partial charge in [-0.3, -0.25) is 0 Å². The maximum Gasteiger partial charge on any atom is 0.143 e. The molecular formula is C13H16N4S. The van der Waals surface area contributed by atoms with Gasteiger partial charge in [0.05, 0.1) is 12.2 Å². The Hall–Kier alpha value is -1.75. The van der Waals surface area contributed by atoms with Crippen LogP contribution in [0.15, 0.2) is 30.3 Å². The summed E-state index contributed by atoms with van der Waals surface area (Å²) in [5, 5.41) is 8.23. The molecule has 0 saturated carbocycles. The third-order valence-electron chi connectivity index (χ3n) is 2.73. The van der Waals surface area contributed by atoms with Gasteiger partial charge in [0.2, 0.25) is 0 Å². The molecule has 2 aromatic rings. The predicted molar refractivity (Wildman–Crippen MR) is 75.4 cm³/mol. The van der Waals surface area contributed by atoms with Gasteiger partial charge in [-0.25, -0.2) is 4.68 Å². The van der Waals surface area contributed by atoms with Crippen molar-refractivity contribution in [1.29, 1.82) is 0 Å². The number of hydrogen-bond acceptors (Lipinski definition) is 3. The lowest BCUT2D eigenvalue weighted by atomic mass is 10.2. The van der Waals surface area contributed by atoms with Gasteiger partial charge in [0.1, 0.15) is 10.7 Å². The van der Waals surface area contributed by atoms with Crippen LogP contribution in [0.3, 0.4) is 0 Å². The molecule has 0 bridgehead atoms. The molecule has 1 aromatic carbocycles. The van der Waals surface area contributed by atoms with Gasteiger partial charge >= 0.3 is 0 Å². The highest BCUT2D eigenvalue weighted by molar-refractivity contribution is 7.80. The molecule has 18 heavy (non-hydrogen) atoms. The topological polar surface area (TPSA) is 56.7 Å². The van der Waals surface area contributed by atoms with Crippen LogP contribution >= 0.6 is 12.2 Å². The molecular weight excluding hydrogens is 244 g/mol. The summed E-state index contributed by atoms with van der Waals surface area (Å²) in [6.07, 6.45) is 1.89. The Kier molecular flexibility index (Phi) is 4.04. The van der Waals surface area contributed by atoms with Gasteiger partial charge < -0.3 is 5.73 Å². The maximum atomic E-state index is 5.67. The lowest BCUT2D eigenvalue weighted by Gasteiger charge is -2.06. The van der Waals surface area contributed by atoms with Gasteiger partial charge in [-0.05, 0) is 12.0 Å². The molecule has 94 valence electrons. The highest BCUT2D eigenvalue weighted by Crippen LogP contribution is 2.11. The molecule has 0 fully saturated rings. The zero-order valence-electron chi connectivity index (χ0n) is 10.3. The van der Waals surface area contributed by atoms with Crippen LogP contribution in [0.1, 0.15) is 30.3 Å². The minimum Gasteiger partial charge on any atom is -0.388 e. The highest BCUT2D eigenvalue weighted by Gasteiger charge is 2.14. The molecule has 2 N–H and O–H groups in total. The van der Waals surface area contributed by atoms with Crippen molar-refractivity contribution < 1.29 is 0 Å². The number of nitrogens with two attached hydrogens (primary N) is 1. The van der Waals surface area contributed by atoms with Crippen molar-refractivity contribution in [1.82, 2.24) is 15.0 Å². The van der Waals surface area contributed by atoms with Crippen LogP contribution in [0.5, 0.6) is 0 Å². The SMILES string of the molecule is CCCc1c(C(N)=S)nnn1Cc1ccccc1. The molecule has 0 amide bonds. The zero-order chi connectivity index (χ0) is 13.0. The fourth-order valence-electron chi connectivity index (χ4n) is 1.89. The number of aromatic nitrogens is 3. The second-order valence-electron chi connectivity index (χ2n) is 4.14. The lowest BCUT2D eigenvalue weighted by molar-refractivity contribution is 0.613. The van der Waals surface area contributed by atoms with Crippen LogP contribution in [0.2, 0.25) is 0 Å². The van der Waals surface area contributed by atoms with Crippen molar-refractivity contribution in [2.24, 2.45) is 5.73 Å². The third kappa shape index (κ3) is 2.73. The van der Waals surface area contributed by atoms with Crippen molar-refractivity contribution in [3.05, 3.63) is 47.3 Å². The monoisotopic (exact) mass is 260 g/mol. The van der Waals surface area contributed by atoms with Gasteiger partial charge in [0.25, 0.3) is 0 Å². The van der Waals surface area contributed by atoms with Crippen LogP contribution in [-0.4, -0.2) is 20.0 Å². The minimum atomic E-state index is 0.317. The molecule has 0 radical (unpaired) electrons. The van der Waals surface area contributed by atoms with Gasteiger partial charge in [0, 0.05) is 0 Å². The molecule has 5 heteroatoms. The second kappa shape index (κ2) is 5.73. The first-order valence-corrected chi connectivity index (χ1v) is 6.39. The largest absolute Gasteiger partial charge is 0.388 e. The summed E-state index contributed by atoms with van der Waals surface area (Å²) in [5.41, 5.74) is 8.53. The first-order chi connectivity index (χ1) is 8.72. The summed E-state index contributed by atoms with van der Waals surface area (Å²) in [5.74, 6) is 0. The maximum absolute atomic E-state index is 5.67. The first kappa shape index (κ1) is 12.7. The Labute approximate surface area is 112 Å². The van der Waals surface area contributed by atoms with Crippen molar-refractivity contribution in [2.45, 2.75) is 26.3 Å². The fraction of sp³-hybridized carbons (Fsp3) is 0.308. The van der Waals surface area contributed by atoms with Gasteiger partial charge in [-0.15, -0.1) is 5.10 Å². The third-order valence-corrected chi connectivity index (χ3v) is 2.93. The number of hydrogen-bond donors (Lipinski definition) is 1. The number of benzene rings is 1. The molecule has 0 aliphatic carbocycles. The van der Waals surface area contributed by atoms with E-state index in [4.69, 9.17) is 18.0 Å². The molecule has 0 atom stereocenters. The predicted octanol–water partition coefficient (Wildman–Crippen LogP) is 1.91. The summed E-state index contributed by atoms with van der Waals surface area (Å²) in [7, 11) is 0. The second-order valence-corrected chi connectivity index (χ2v) is 4.58. The van der Waals surface area contributed by atoms with Crippen LogP contribution in [0, 0.1) is 0 Å². The fourth-order valence-corrected chi connectivity index (χ4v) is 2.05.